The molecule has 0 spiro atoms. The van der Waals surface area contributed by atoms with Crippen molar-refractivity contribution in [1.29, 1.82) is 5.26 Å². The third kappa shape index (κ3) is 3.41. The highest BCUT2D eigenvalue weighted by molar-refractivity contribution is 5.86. The fraction of sp³-hybridized carbons (Fsp3) is 0.286. The lowest BCUT2D eigenvalue weighted by atomic mass is 10.1. The number of hydrogen-bond acceptors (Lipinski definition) is 5. The smallest absolute Gasteiger partial charge is 0.128 e. The van der Waals surface area contributed by atoms with Gasteiger partial charge in [0.05, 0.1) is 37.0 Å². The fourth-order valence-corrected chi connectivity index (χ4v) is 1.78. The minimum atomic E-state index is 0.0206. The number of aliphatic hydroxyl groups is 1. The van der Waals surface area contributed by atoms with Gasteiger partial charge in [0, 0.05) is 11.9 Å². The Labute approximate surface area is 111 Å². The average molecular weight is 257 g/mol. The third-order valence-electron chi connectivity index (χ3n) is 2.62. The number of fused-ring (bicyclic) bond motifs is 1. The van der Waals surface area contributed by atoms with Gasteiger partial charge in [-0.3, -0.25) is 0 Å². The number of aromatic nitrogens is 1. The molecule has 0 saturated carbocycles. The molecule has 2 rings (SSSR count). The third-order valence-corrected chi connectivity index (χ3v) is 2.62. The van der Waals surface area contributed by atoms with Crippen LogP contribution in [0, 0.1) is 11.3 Å². The maximum atomic E-state index is 9.14. The zero-order valence-electron chi connectivity index (χ0n) is 10.5. The Kier molecular flexibility index (Phi) is 4.67. The van der Waals surface area contributed by atoms with E-state index in [0.717, 1.165) is 10.9 Å². The molecule has 0 radical (unpaired) electrons. The van der Waals surface area contributed by atoms with Crippen molar-refractivity contribution in [3.63, 3.8) is 0 Å². The Balaban J connectivity index is 2.10. The van der Waals surface area contributed by atoms with E-state index in [9.17, 15) is 0 Å². The summed E-state index contributed by atoms with van der Waals surface area (Å²) in [6, 6.07) is 11.5. The summed E-state index contributed by atoms with van der Waals surface area (Å²) >= 11 is 0. The van der Waals surface area contributed by atoms with E-state index in [1.54, 1.807) is 6.07 Å². The summed E-state index contributed by atoms with van der Waals surface area (Å²) in [5.41, 5.74) is 1.39. The van der Waals surface area contributed by atoms with Gasteiger partial charge >= 0.3 is 0 Å². The Morgan fingerprint density at radius 2 is 2.16 bits per heavy atom. The largest absolute Gasteiger partial charge is 0.394 e. The Bertz CT molecular complexity index is 593. The van der Waals surface area contributed by atoms with Crippen LogP contribution in [0.5, 0.6) is 0 Å². The summed E-state index contributed by atoms with van der Waals surface area (Å²) < 4.78 is 5.14. The van der Waals surface area contributed by atoms with Crippen molar-refractivity contribution in [2.75, 3.05) is 31.7 Å². The fourth-order valence-electron chi connectivity index (χ4n) is 1.78. The predicted octanol–water partition coefficient (Wildman–Crippen LogP) is 1.53. The summed E-state index contributed by atoms with van der Waals surface area (Å²) in [5, 5.41) is 21.7. The van der Waals surface area contributed by atoms with Gasteiger partial charge in [0.15, 0.2) is 0 Å². The first kappa shape index (κ1) is 13.3. The van der Waals surface area contributed by atoms with E-state index in [2.05, 4.69) is 16.4 Å². The second-order valence-corrected chi connectivity index (χ2v) is 3.95. The molecule has 0 fully saturated rings. The van der Waals surface area contributed by atoms with E-state index in [1.165, 1.54) is 0 Å². The van der Waals surface area contributed by atoms with Crippen LogP contribution >= 0.6 is 0 Å². The molecule has 19 heavy (non-hydrogen) atoms. The molecule has 0 aliphatic rings. The number of rotatable bonds is 6. The number of pyridine rings is 1. The molecule has 0 bridgehead atoms. The standard InChI is InChI=1S/C14H15N3O2/c15-10-11-9-14(16-5-7-19-8-6-18)17-13-4-2-1-3-12(11)13/h1-4,9,18H,5-8H2,(H,16,17). The van der Waals surface area contributed by atoms with Crippen molar-refractivity contribution in [1.82, 2.24) is 4.98 Å². The summed E-state index contributed by atoms with van der Waals surface area (Å²) in [7, 11) is 0. The lowest BCUT2D eigenvalue weighted by Gasteiger charge is -2.08. The van der Waals surface area contributed by atoms with Crippen molar-refractivity contribution in [3.05, 3.63) is 35.9 Å². The first-order valence-corrected chi connectivity index (χ1v) is 6.07. The zero-order valence-corrected chi connectivity index (χ0v) is 10.5. The number of ether oxygens (including phenoxy) is 1. The van der Waals surface area contributed by atoms with Gasteiger partial charge in [-0.1, -0.05) is 18.2 Å². The van der Waals surface area contributed by atoms with Crippen LogP contribution in [0.2, 0.25) is 0 Å². The molecular weight excluding hydrogens is 242 g/mol. The average Bonchev–Trinajstić information content (AvgIpc) is 2.46. The SMILES string of the molecule is N#Cc1cc(NCCOCCO)nc2ccccc12. The van der Waals surface area contributed by atoms with E-state index < -0.39 is 0 Å². The molecule has 0 atom stereocenters. The van der Waals surface area contributed by atoms with Crippen LogP contribution in [0.3, 0.4) is 0 Å². The number of para-hydroxylation sites is 1. The highest BCUT2D eigenvalue weighted by Crippen LogP contribution is 2.19. The summed E-state index contributed by atoms with van der Waals surface area (Å²) in [6.07, 6.45) is 0. The molecule has 2 aromatic rings. The molecule has 1 heterocycles. The molecule has 5 nitrogen and oxygen atoms in total. The van der Waals surface area contributed by atoms with Crippen molar-refractivity contribution in [2.45, 2.75) is 0 Å². The number of aliphatic hydroxyl groups excluding tert-OH is 1. The summed E-state index contributed by atoms with van der Waals surface area (Å²) in [6.45, 7) is 1.41. The minimum Gasteiger partial charge on any atom is -0.394 e. The molecule has 98 valence electrons. The van der Waals surface area contributed by atoms with Crippen molar-refractivity contribution < 1.29 is 9.84 Å². The molecule has 5 heteroatoms. The second-order valence-electron chi connectivity index (χ2n) is 3.95. The molecule has 0 aliphatic heterocycles. The number of hydrogen-bond donors (Lipinski definition) is 2. The predicted molar refractivity (Wildman–Crippen MR) is 72.9 cm³/mol. The zero-order chi connectivity index (χ0) is 13.5. The molecular formula is C14H15N3O2. The number of nitriles is 1. The summed E-state index contributed by atoms with van der Waals surface area (Å²) in [5.74, 6) is 0.655. The minimum absolute atomic E-state index is 0.0206. The normalized spacial score (nSPS) is 10.3. The maximum absolute atomic E-state index is 9.14. The van der Waals surface area contributed by atoms with Crippen molar-refractivity contribution in [2.24, 2.45) is 0 Å². The first-order valence-electron chi connectivity index (χ1n) is 6.07. The van der Waals surface area contributed by atoms with Crippen LogP contribution in [-0.2, 0) is 4.74 Å². The van der Waals surface area contributed by atoms with Crippen LogP contribution in [-0.4, -0.2) is 36.5 Å². The maximum Gasteiger partial charge on any atom is 0.128 e. The van der Waals surface area contributed by atoms with Crippen LogP contribution in [0.25, 0.3) is 10.9 Å². The number of nitrogens with zero attached hydrogens (tertiary/aromatic N) is 2. The highest BCUT2D eigenvalue weighted by atomic mass is 16.5. The van der Waals surface area contributed by atoms with Crippen LogP contribution in [0.1, 0.15) is 5.56 Å². The van der Waals surface area contributed by atoms with Crippen LogP contribution in [0.15, 0.2) is 30.3 Å². The Morgan fingerprint density at radius 1 is 1.32 bits per heavy atom. The van der Waals surface area contributed by atoms with E-state index in [1.807, 2.05) is 24.3 Å². The quantitative estimate of drug-likeness (QED) is 0.767. The molecule has 1 aromatic heterocycles. The van der Waals surface area contributed by atoms with E-state index >= 15 is 0 Å². The molecule has 1 aromatic carbocycles. The van der Waals surface area contributed by atoms with E-state index in [-0.39, 0.29) is 6.61 Å². The van der Waals surface area contributed by atoms with E-state index in [4.69, 9.17) is 15.1 Å². The van der Waals surface area contributed by atoms with Gasteiger partial charge in [-0.2, -0.15) is 5.26 Å². The molecule has 2 N–H and O–H groups in total. The molecule has 0 saturated heterocycles. The van der Waals surface area contributed by atoms with Gasteiger partial charge in [0.1, 0.15) is 5.82 Å². The van der Waals surface area contributed by atoms with Crippen LogP contribution < -0.4 is 5.32 Å². The lowest BCUT2D eigenvalue weighted by Crippen LogP contribution is -2.12. The number of anilines is 1. The lowest BCUT2D eigenvalue weighted by molar-refractivity contribution is 0.0992. The Hall–Kier alpha value is -2.16. The molecule has 0 aliphatic carbocycles. The van der Waals surface area contributed by atoms with Crippen LogP contribution in [0.4, 0.5) is 5.82 Å². The van der Waals surface area contributed by atoms with Gasteiger partial charge < -0.3 is 15.2 Å². The topological polar surface area (TPSA) is 78.2 Å². The van der Waals surface area contributed by atoms with Gasteiger partial charge in [0.25, 0.3) is 0 Å². The van der Waals surface area contributed by atoms with E-state index in [0.29, 0.717) is 31.1 Å². The molecule has 0 amide bonds. The Morgan fingerprint density at radius 3 is 2.95 bits per heavy atom. The number of benzene rings is 1. The van der Waals surface area contributed by atoms with Crippen molar-refractivity contribution in [3.8, 4) is 6.07 Å². The summed E-state index contributed by atoms with van der Waals surface area (Å²) in [4.78, 5) is 4.43. The monoisotopic (exact) mass is 257 g/mol. The second kappa shape index (κ2) is 6.69. The van der Waals surface area contributed by atoms with Gasteiger partial charge in [-0.05, 0) is 12.1 Å². The molecule has 0 unspecified atom stereocenters. The van der Waals surface area contributed by atoms with Gasteiger partial charge in [-0.15, -0.1) is 0 Å². The number of nitrogens with one attached hydrogen (secondary N) is 1. The van der Waals surface area contributed by atoms with Gasteiger partial charge in [0.2, 0.25) is 0 Å². The first-order chi connectivity index (χ1) is 9.35. The van der Waals surface area contributed by atoms with Crippen molar-refractivity contribution >= 4 is 16.7 Å². The van der Waals surface area contributed by atoms with Gasteiger partial charge in [-0.25, -0.2) is 4.98 Å². The highest BCUT2D eigenvalue weighted by Gasteiger charge is 2.04.